The lowest BCUT2D eigenvalue weighted by molar-refractivity contribution is 0.137. The van der Waals surface area contributed by atoms with Crippen LogP contribution in [-0.2, 0) is 11.2 Å². The van der Waals surface area contributed by atoms with E-state index in [2.05, 4.69) is 37.8 Å². The van der Waals surface area contributed by atoms with E-state index in [1.807, 2.05) is 6.92 Å². The Morgan fingerprint density at radius 3 is 2.43 bits per heavy atom. The number of hydrogen-bond acceptors (Lipinski definition) is 6. The molecule has 0 radical (unpaired) electrons. The molecule has 0 N–H and O–H groups in total. The smallest absolute Gasteiger partial charge is 0.197 e. The maximum absolute atomic E-state index is 14.7. The van der Waals surface area contributed by atoms with Gasteiger partial charge in [0.1, 0.15) is 5.82 Å². The summed E-state index contributed by atoms with van der Waals surface area (Å²) < 4.78 is 19.9. The first kappa shape index (κ1) is 20.3. The van der Waals surface area contributed by atoms with Gasteiger partial charge in [0, 0.05) is 62.2 Å². The third-order valence-electron chi connectivity index (χ3n) is 5.62. The van der Waals surface area contributed by atoms with E-state index in [1.165, 1.54) is 0 Å². The molecule has 1 atom stereocenters. The molecule has 1 aliphatic heterocycles. The van der Waals surface area contributed by atoms with Crippen LogP contribution in [0.2, 0.25) is 0 Å². The number of ether oxygens (including phenoxy) is 1. The van der Waals surface area contributed by atoms with Gasteiger partial charge in [-0.05, 0) is 48.6 Å². The summed E-state index contributed by atoms with van der Waals surface area (Å²) in [6.45, 7) is 6.51. The Morgan fingerprint density at radius 2 is 1.77 bits per heavy atom. The summed E-state index contributed by atoms with van der Waals surface area (Å²) in [5.74, 6) is 1.50. The molecule has 1 aromatic carbocycles. The fourth-order valence-corrected chi connectivity index (χ4v) is 3.87. The molecule has 3 aromatic rings. The van der Waals surface area contributed by atoms with E-state index in [-0.39, 0.29) is 11.7 Å². The molecule has 0 aliphatic carbocycles. The molecule has 30 heavy (non-hydrogen) atoms. The second kappa shape index (κ2) is 8.83. The number of halogens is 1. The van der Waals surface area contributed by atoms with Crippen molar-refractivity contribution in [3.63, 3.8) is 0 Å². The number of benzene rings is 1. The zero-order valence-corrected chi connectivity index (χ0v) is 17.5. The van der Waals surface area contributed by atoms with Crippen LogP contribution in [0.5, 0.6) is 0 Å². The summed E-state index contributed by atoms with van der Waals surface area (Å²) >= 11 is 0. The number of hydrogen-bond donors (Lipinski definition) is 0. The van der Waals surface area contributed by atoms with Gasteiger partial charge in [-0.3, -0.25) is 0 Å². The lowest BCUT2D eigenvalue weighted by atomic mass is 9.91. The lowest BCUT2D eigenvalue weighted by Crippen LogP contribution is -2.49. The molecule has 156 valence electrons. The molecule has 6 nitrogen and oxygen atoms in total. The Kier molecular flexibility index (Phi) is 5.99. The van der Waals surface area contributed by atoms with Crippen molar-refractivity contribution in [3.8, 4) is 11.6 Å². The van der Waals surface area contributed by atoms with Gasteiger partial charge in [-0.1, -0.05) is 6.92 Å². The minimum Gasteiger partial charge on any atom is -0.384 e. The highest BCUT2D eigenvalue weighted by Crippen LogP contribution is 2.33. The first-order valence-corrected chi connectivity index (χ1v) is 10.2. The Balaban J connectivity index is 1.47. The zero-order valence-electron chi connectivity index (χ0n) is 17.5. The Hall–Kier alpha value is -2.93. The molecule has 4 rings (SSSR count). The molecular formula is C23H26FN5O. The first-order chi connectivity index (χ1) is 14.5. The normalized spacial score (nSPS) is 15.1. The van der Waals surface area contributed by atoms with Gasteiger partial charge < -0.3 is 9.64 Å². The maximum atomic E-state index is 14.7. The largest absolute Gasteiger partial charge is 0.384 e. The average molecular weight is 407 g/mol. The van der Waals surface area contributed by atoms with E-state index in [4.69, 9.17) is 4.74 Å². The Labute approximate surface area is 176 Å². The van der Waals surface area contributed by atoms with Crippen molar-refractivity contribution in [1.29, 1.82) is 0 Å². The third kappa shape index (κ3) is 4.31. The second-order valence-corrected chi connectivity index (χ2v) is 7.97. The number of nitrogens with zero attached hydrogens (tertiary/aromatic N) is 5. The van der Waals surface area contributed by atoms with Crippen LogP contribution in [0.4, 0.5) is 10.1 Å². The van der Waals surface area contributed by atoms with Crippen LogP contribution in [0.15, 0.2) is 43.0 Å². The van der Waals surface area contributed by atoms with Crippen LogP contribution in [0.25, 0.3) is 11.6 Å². The van der Waals surface area contributed by atoms with Crippen molar-refractivity contribution in [1.82, 2.24) is 19.9 Å². The molecule has 1 aliphatic rings. The van der Waals surface area contributed by atoms with Crippen LogP contribution in [0, 0.1) is 18.7 Å². The zero-order chi connectivity index (χ0) is 21.1. The van der Waals surface area contributed by atoms with Crippen LogP contribution < -0.4 is 4.90 Å². The Morgan fingerprint density at radius 1 is 1.10 bits per heavy atom. The van der Waals surface area contributed by atoms with Crippen molar-refractivity contribution in [3.05, 3.63) is 65.5 Å². The van der Waals surface area contributed by atoms with Gasteiger partial charge in [-0.25, -0.2) is 24.3 Å². The maximum Gasteiger partial charge on any atom is 0.197 e. The third-order valence-corrected chi connectivity index (χ3v) is 5.62. The minimum atomic E-state index is -0.155. The van der Waals surface area contributed by atoms with Gasteiger partial charge >= 0.3 is 0 Å². The monoisotopic (exact) mass is 407 g/mol. The van der Waals surface area contributed by atoms with Crippen LogP contribution in [0.3, 0.4) is 0 Å². The van der Waals surface area contributed by atoms with Gasteiger partial charge in [0.15, 0.2) is 11.6 Å². The van der Waals surface area contributed by atoms with Crippen molar-refractivity contribution < 1.29 is 9.13 Å². The predicted octanol–water partition coefficient (Wildman–Crippen LogP) is 3.81. The van der Waals surface area contributed by atoms with E-state index in [9.17, 15) is 4.39 Å². The minimum absolute atomic E-state index is 0.136. The molecule has 7 heteroatoms. The molecular weight excluding hydrogens is 381 g/mol. The second-order valence-electron chi connectivity index (χ2n) is 7.97. The summed E-state index contributed by atoms with van der Waals surface area (Å²) in [7, 11) is 1.72. The molecule has 1 fully saturated rings. The van der Waals surface area contributed by atoms with Gasteiger partial charge in [-0.15, -0.1) is 0 Å². The first-order valence-electron chi connectivity index (χ1n) is 10.2. The van der Waals surface area contributed by atoms with Crippen LogP contribution in [0.1, 0.15) is 29.5 Å². The highest BCUT2D eigenvalue weighted by Gasteiger charge is 2.29. The van der Waals surface area contributed by atoms with Gasteiger partial charge in [0.2, 0.25) is 0 Å². The van der Waals surface area contributed by atoms with Crippen molar-refractivity contribution >= 4 is 5.69 Å². The molecule has 2 aromatic heterocycles. The summed E-state index contributed by atoms with van der Waals surface area (Å²) in [5.41, 5.74) is 3.67. The summed E-state index contributed by atoms with van der Waals surface area (Å²) in [4.78, 5) is 19.4. The van der Waals surface area contributed by atoms with Crippen molar-refractivity contribution in [2.24, 2.45) is 5.92 Å². The van der Waals surface area contributed by atoms with Gasteiger partial charge in [-0.2, -0.15) is 0 Å². The number of aromatic nitrogens is 4. The fraction of sp³-hybridized carbons (Fsp3) is 0.391. The summed E-state index contributed by atoms with van der Waals surface area (Å²) in [6.07, 6.45) is 7.66. The molecule has 1 unspecified atom stereocenters. The van der Waals surface area contributed by atoms with E-state index in [1.54, 1.807) is 44.0 Å². The summed E-state index contributed by atoms with van der Waals surface area (Å²) in [6, 6.07) is 5.54. The topological polar surface area (TPSA) is 64.0 Å². The highest BCUT2D eigenvalue weighted by molar-refractivity contribution is 5.58. The standard InChI is InChI=1S/C23H26FN5O/c1-15(7-17-10-27-23(28-11-17)22-25-5-4-6-26-22)19-8-20(24)16(2)21(9-19)29-12-18(13-29)14-30-3/h4-6,8-11,15,18H,7,12-14H2,1-3H3. The number of rotatable bonds is 7. The molecule has 0 bridgehead atoms. The molecule has 0 spiro atoms. The van der Waals surface area contributed by atoms with Gasteiger partial charge in [0.25, 0.3) is 0 Å². The fourth-order valence-electron chi connectivity index (χ4n) is 3.87. The predicted molar refractivity (Wildman–Crippen MR) is 114 cm³/mol. The van der Waals surface area contributed by atoms with Crippen molar-refractivity contribution in [2.45, 2.75) is 26.2 Å². The SMILES string of the molecule is COCC1CN(c2cc(C(C)Cc3cnc(-c4ncccn4)nc3)cc(F)c2C)C1. The number of anilines is 1. The van der Waals surface area contributed by atoms with Crippen LogP contribution >= 0.6 is 0 Å². The quantitative estimate of drug-likeness (QED) is 0.593. The van der Waals surface area contributed by atoms with E-state index in [0.717, 1.165) is 42.9 Å². The molecule has 3 heterocycles. The number of methoxy groups -OCH3 is 1. The average Bonchev–Trinajstić information content (AvgIpc) is 2.74. The van der Waals surface area contributed by atoms with Crippen molar-refractivity contribution in [2.75, 3.05) is 31.7 Å². The molecule has 0 amide bonds. The molecule has 1 saturated heterocycles. The van der Waals surface area contributed by atoms with Crippen LogP contribution in [-0.4, -0.2) is 46.7 Å². The Bertz CT molecular complexity index is 990. The highest BCUT2D eigenvalue weighted by atomic mass is 19.1. The lowest BCUT2D eigenvalue weighted by Gasteiger charge is -2.41. The van der Waals surface area contributed by atoms with E-state index in [0.29, 0.717) is 23.1 Å². The van der Waals surface area contributed by atoms with E-state index >= 15 is 0 Å². The summed E-state index contributed by atoms with van der Waals surface area (Å²) in [5, 5.41) is 0. The molecule has 0 saturated carbocycles. The van der Waals surface area contributed by atoms with Gasteiger partial charge in [0.05, 0.1) is 6.61 Å². The van der Waals surface area contributed by atoms with E-state index < -0.39 is 0 Å².